The second-order valence-electron chi connectivity index (χ2n) is 6.83. The molecule has 0 bridgehead atoms. The molecular formula is C19H22BrFN4O5. The number of carbonyl (C=O) groups is 1. The van der Waals surface area contributed by atoms with Gasteiger partial charge in [-0.3, -0.25) is 4.79 Å². The number of hydrogen-bond donors (Lipinski definition) is 3. The third-order valence-corrected chi connectivity index (χ3v) is 5.04. The highest BCUT2D eigenvalue weighted by molar-refractivity contribution is 9.10. The monoisotopic (exact) mass is 484 g/mol. The van der Waals surface area contributed by atoms with Gasteiger partial charge in [0.05, 0.1) is 19.3 Å². The first-order chi connectivity index (χ1) is 14.3. The van der Waals surface area contributed by atoms with E-state index in [1.165, 1.54) is 29.9 Å². The molecule has 5 atom stereocenters. The van der Waals surface area contributed by atoms with Crippen molar-refractivity contribution in [3.63, 3.8) is 0 Å². The molecule has 1 aliphatic heterocycles. The van der Waals surface area contributed by atoms with E-state index in [4.69, 9.17) is 9.47 Å². The van der Waals surface area contributed by atoms with E-state index in [1.807, 2.05) is 0 Å². The zero-order valence-corrected chi connectivity index (χ0v) is 17.7. The van der Waals surface area contributed by atoms with Gasteiger partial charge in [-0.25, -0.2) is 9.07 Å². The van der Waals surface area contributed by atoms with Crippen LogP contribution < -0.4 is 5.32 Å². The fourth-order valence-corrected chi connectivity index (χ4v) is 3.48. The standard InChI is InChI=1S/C19H22BrFN4O5/c1-3-6-29-19-15(22-10(2)26)16(27)17(28)18(30-19)14-9-25(24-23-14)8-11-4-5-12(20)7-13(11)21/h3-5,7,9,15-19,27-28H,1,6,8H2,2H3,(H,22,26)/t15-,16-,17+,18-,19+/m1/s1. The first-order valence-electron chi connectivity index (χ1n) is 9.15. The Balaban J connectivity index is 1.79. The first kappa shape index (κ1) is 22.5. The Morgan fingerprint density at radius 2 is 2.23 bits per heavy atom. The van der Waals surface area contributed by atoms with Gasteiger partial charge in [0.15, 0.2) is 6.29 Å². The summed E-state index contributed by atoms with van der Waals surface area (Å²) in [5.41, 5.74) is 0.630. The van der Waals surface area contributed by atoms with E-state index >= 15 is 0 Å². The summed E-state index contributed by atoms with van der Waals surface area (Å²) in [4.78, 5) is 11.5. The van der Waals surface area contributed by atoms with Gasteiger partial charge >= 0.3 is 0 Å². The third kappa shape index (κ3) is 5.10. The number of ether oxygens (including phenoxy) is 2. The molecular weight excluding hydrogens is 463 g/mol. The molecule has 2 aromatic rings. The molecule has 2 heterocycles. The van der Waals surface area contributed by atoms with Crippen molar-refractivity contribution in [2.45, 2.75) is 44.1 Å². The number of aliphatic hydroxyl groups excluding tert-OH is 2. The Labute approximate surface area is 180 Å². The van der Waals surface area contributed by atoms with Crippen molar-refractivity contribution in [3.8, 4) is 0 Å². The topological polar surface area (TPSA) is 119 Å². The average molecular weight is 485 g/mol. The van der Waals surface area contributed by atoms with Crippen LogP contribution in [0.3, 0.4) is 0 Å². The van der Waals surface area contributed by atoms with Crippen molar-refractivity contribution in [2.75, 3.05) is 6.61 Å². The van der Waals surface area contributed by atoms with Crippen LogP contribution in [0.5, 0.6) is 0 Å². The van der Waals surface area contributed by atoms with Crippen LogP contribution in [0.2, 0.25) is 0 Å². The number of aliphatic hydroxyl groups is 2. The molecule has 0 unspecified atom stereocenters. The summed E-state index contributed by atoms with van der Waals surface area (Å²) in [5.74, 6) is -0.815. The van der Waals surface area contributed by atoms with Gasteiger partial charge in [0.2, 0.25) is 5.91 Å². The van der Waals surface area contributed by atoms with E-state index < -0.39 is 42.4 Å². The molecule has 1 saturated heterocycles. The number of aromatic nitrogens is 3. The van der Waals surface area contributed by atoms with Crippen molar-refractivity contribution in [1.82, 2.24) is 20.3 Å². The number of benzene rings is 1. The molecule has 1 amide bonds. The molecule has 1 aromatic heterocycles. The molecule has 0 saturated carbocycles. The average Bonchev–Trinajstić information content (AvgIpc) is 3.15. The third-order valence-electron chi connectivity index (χ3n) is 4.55. The van der Waals surface area contributed by atoms with Crippen LogP contribution in [-0.4, -0.2) is 62.3 Å². The van der Waals surface area contributed by atoms with Crippen LogP contribution in [0.25, 0.3) is 0 Å². The van der Waals surface area contributed by atoms with Gasteiger partial charge in [-0.15, -0.1) is 11.7 Å². The lowest BCUT2D eigenvalue weighted by Gasteiger charge is -2.41. The van der Waals surface area contributed by atoms with Gasteiger partial charge in [0.25, 0.3) is 0 Å². The van der Waals surface area contributed by atoms with Crippen molar-refractivity contribution >= 4 is 21.8 Å². The molecule has 11 heteroatoms. The quantitative estimate of drug-likeness (QED) is 0.502. The molecule has 1 aliphatic rings. The van der Waals surface area contributed by atoms with Gasteiger partial charge in [0, 0.05) is 17.0 Å². The predicted molar refractivity (Wildman–Crippen MR) is 107 cm³/mol. The van der Waals surface area contributed by atoms with Gasteiger partial charge in [-0.05, 0) is 12.1 Å². The maximum absolute atomic E-state index is 14.1. The predicted octanol–water partition coefficient (Wildman–Crippen LogP) is 1.05. The molecule has 0 aliphatic carbocycles. The number of nitrogens with one attached hydrogen (secondary N) is 1. The van der Waals surface area contributed by atoms with Crippen molar-refractivity contribution in [2.24, 2.45) is 0 Å². The molecule has 0 spiro atoms. The van der Waals surface area contributed by atoms with Crippen LogP contribution in [0, 0.1) is 5.82 Å². The Morgan fingerprint density at radius 1 is 1.47 bits per heavy atom. The lowest BCUT2D eigenvalue weighted by Crippen LogP contribution is -2.61. The van der Waals surface area contributed by atoms with Crippen LogP contribution in [0.4, 0.5) is 4.39 Å². The molecule has 30 heavy (non-hydrogen) atoms. The second-order valence-corrected chi connectivity index (χ2v) is 7.75. The van der Waals surface area contributed by atoms with Crippen LogP contribution in [0.1, 0.15) is 24.3 Å². The molecule has 1 aromatic carbocycles. The fraction of sp³-hybridized carbons (Fsp3) is 0.421. The lowest BCUT2D eigenvalue weighted by atomic mass is 9.95. The zero-order valence-electron chi connectivity index (χ0n) is 16.1. The van der Waals surface area contributed by atoms with E-state index in [2.05, 4.69) is 38.1 Å². The highest BCUT2D eigenvalue weighted by Gasteiger charge is 2.47. The molecule has 0 radical (unpaired) electrons. The summed E-state index contributed by atoms with van der Waals surface area (Å²) in [6, 6.07) is 3.69. The van der Waals surface area contributed by atoms with Crippen LogP contribution >= 0.6 is 15.9 Å². The van der Waals surface area contributed by atoms with Crippen molar-refractivity contribution in [3.05, 3.63) is 58.6 Å². The normalized spacial score (nSPS) is 26.4. The maximum atomic E-state index is 14.1. The summed E-state index contributed by atoms with van der Waals surface area (Å²) in [5, 5.41) is 31.5. The number of hydrogen-bond acceptors (Lipinski definition) is 7. The minimum atomic E-state index is -1.40. The molecule has 1 fully saturated rings. The summed E-state index contributed by atoms with van der Waals surface area (Å²) in [6.07, 6.45) is -1.92. The number of amides is 1. The summed E-state index contributed by atoms with van der Waals surface area (Å²) >= 11 is 3.21. The van der Waals surface area contributed by atoms with Gasteiger partial charge in [-0.2, -0.15) is 0 Å². The minimum Gasteiger partial charge on any atom is -0.388 e. The van der Waals surface area contributed by atoms with Gasteiger partial charge in [-0.1, -0.05) is 33.3 Å². The SMILES string of the molecule is C=CCO[C@H]1O[C@H](c2cn(Cc3ccc(Br)cc3F)nn2)[C@@H](O)[C@H](O)[C@H]1NC(C)=O. The first-order valence-corrected chi connectivity index (χ1v) is 9.94. The smallest absolute Gasteiger partial charge is 0.217 e. The number of nitrogens with zero attached hydrogens (tertiary/aromatic N) is 3. The Bertz CT molecular complexity index is 911. The van der Waals surface area contributed by atoms with Gasteiger partial charge in [0.1, 0.15) is 35.9 Å². The Morgan fingerprint density at radius 3 is 2.90 bits per heavy atom. The van der Waals surface area contributed by atoms with E-state index in [-0.39, 0.29) is 18.8 Å². The van der Waals surface area contributed by atoms with Crippen molar-refractivity contribution < 1.29 is 28.9 Å². The number of carbonyl (C=O) groups excluding carboxylic acids is 1. The molecule has 9 nitrogen and oxygen atoms in total. The summed E-state index contributed by atoms with van der Waals surface area (Å²) < 4.78 is 27.4. The van der Waals surface area contributed by atoms with E-state index in [0.29, 0.717) is 10.0 Å². The highest BCUT2D eigenvalue weighted by Crippen LogP contribution is 2.32. The fourth-order valence-electron chi connectivity index (χ4n) is 3.15. The van der Waals surface area contributed by atoms with E-state index in [0.717, 1.165) is 0 Å². The zero-order chi connectivity index (χ0) is 21.8. The van der Waals surface area contributed by atoms with E-state index in [9.17, 15) is 19.4 Å². The van der Waals surface area contributed by atoms with Crippen LogP contribution in [0.15, 0.2) is 41.5 Å². The molecule has 3 N–H and O–H groups in total. The van der Waals surface area contributed by atoms with Gasteiger partial charge < -0.3 is 25.0 Å². The van der Waals surface area contributed by atoms with E-state index in [1.54, 1.807) is 12.1 Å². The molecule has 162 valence electrons. The minimum absolute atomic E-state index is 0.103. The largest absolute Gasteiger partial charge is 0.388 e. The van der Waals surface area contributed by atoms with Crippen molar-refractivity contribution in [1.29, 1.82) is 0 Å². The second kappa shape index (κ2) is 9.75. The molecule has 3 rings (SSSR count). The summed E-state index contributed by atoms with van der Waals surface area (Å²) in [7, 11) is 0. The van der Waals surface area contributed by atoms with Crippen LogP contribution in [-0.2, 0) is 20.8 Å². The maximum Gasteiger partial charge on any atom is 0.217 e. The lowest BCUT2D eigenvalue weighted by molar-refractivity contribution is -0.265. The number of rotatable bonds is 7. The highest BCUT2D eigenvalue weighted by atomic mass is 79.9. The summed E-state index contributed by atoms with van der Waals surface area (Å²) in [6.45, 7) is 5.06. The Kier molecular flexibility index (Phi) is 7.32. The Hall–Kier alpha value is -2.18. The number of halogens is 2.